The van der Waals surface area contributed by atoms with Crippen LogP contribution in [0.3, 0.4) is 0 Å². The molecule has 0 saturated carbocycles. The third-order valence-electron chi connectivity index (χ3n) is 1.43. The lowest BCUT2D eigenvalue weighted by Crippen LogP contribution is -2.05. The van der Waals surface area contributed by atoms with Crippen LogP contribution < -0.4 is 5.32 Å². The maximum absolute atomic E-state index is 10.5. The van der Waals surface area contributed by atoms with Gasteiger partial charge in [-0.05, 0) is 6.07 Å². The van der Waals surface area contributed by atoms with E-state index in [2.05, 4.69) is 16.9 Å². The van der Waals surface area contributed by atoms with Gasteiger partial charge in [-0.3, -0.25) is 10.1 Å². The minimum atomic E-state index is -0.508. The van der Waals surface area contributed by atoms with E-state index in [1.807, 2.05) is 0 Å². The predicted octanol–water partition coefficient (Wildman–Crippen LogP) is 2.15. The van der Waals surface area contributed by atoms with E-state index in [4.69, 9.17) is 11.6 Å². The number of nitrogens with zero attached hydrogens (tertiary/aromatic N) is 2. The fraction of sp³-hybridized carbons (Fsp3) is 0.125. The molecule has 14 heavy (non-hydrogen) atoms. The minimum Gasteiger partial charge on any atom is -0.359 e. The van der Waals surface area contributed by atoms with Crippen LogP contribution in [0.1, 0.15) is 0 Å². The van der Waals surface area contributed by atoms with Crippen LogP contribution in [0.2, 0.25) is 0 Å². The van der Waals surface area contributed by atoms with Gasteiger partial charge in [-0.25, -0.2) is 4.98 Å². The number of nitrogens with one attached hydrogen (secondary N) is 1. The number of aromatic nitrogens is 1. The molecule has 0 atom stereocenters. The van der Waals surface area contributed by atoms with Crippen molar-refractivity contribution in [3.8, 4) is 0 Å². The lowest BCUT2D eigenvalue weighted by molar-refractivity contribution is -0.384. The summed E-state index contributed by atoms with van der Waals surface area (Å²) in [6.07, 6.45) is 1.46. The first-order chi connectivity index (χ1) is 6.61. The van der Waals surface area contributed by atoms with E-state index in [9.17, 15) is 10.1 Å². The van der Waals surface area contributed by atoms with Gasteiger partial charge in [0.15, 0.2) is 0 Å². The Bertz CT molecular complexity index is 367. The van der Waals surface area contributed by atoms with E-state index in [1.54, 1.807) is 0 Å². The monoisotopic (exact) mass is 213 g/mol. The van der Waals surface area contributed by atoms with Crippen LogP contribution in [0.15, 0.2) is 29.9 Å². The Morgan fingerprint density at radius 1 is 1.79 bits per heavy atom. The van der Waals surface area contributed by atoms with Crippen molar-refractivity contribution in [3.63, 3.8) is 0 Å². The zero-order chi connectivity index (χ0) is 10.6. The Hall–Kier alpha value is -1.62. The van der Waals surface area contributed by atoms with Crippen LogP contribution in [0, 0.1) is 10.1 Å². The summed E-state index contributed by atoms with van der Waals surface area (Å²) in [5, 5.41) is 13.6. The third kappa shape index (κ3) is 2.70. The maximum Gasteiger partial charge on any atom is 0.311 e. The Labute approximate surface area is 85.6 Å². The van der Waals surface area contributed by atoms with Crippen molar-refractivity contribution in [2.24, 2.45) is 0 Å². The molecule has 0 aliphatic carbocycles. The number of nitro groups is 1. The van der Waals surface area contributed by atoms with Crippen LogP contribution in [-0.4, -0.2) is 16.5 Å². The highest BCUT2D eigenvalue weighted by Gasteiger charge is 2.12. The van der Waals surface area contributed by atoms with Gasteiger partial charge >= 0.3 is 5.69 Å². The summed E-state index contributed by atoms with van der Waals surface area (Å²) in [5.41, 5.74) is -0.0783. The van der Waals surface area contributed by atoms with Crippen molar-refractivity contribution in [2.75, 3.05) is 11.9 Å². The Morgan fingerprint density at radius 2 is 2.50 bits per heavy atom. The third-order valence-corrected chi connectivity index (χ3v) is 1.56. The summed E-state index contributed by atoms with van der Waals surface area (Å²) in [4.78, 5) is 13.8. The van der Waals surface area contributed by atoms with Crippen LogP contribution in [0.5, 0.6) is 0 Å². The normalized spacial score (nSPS) is 9.50. The molecule has 0 aromatic carbocycles. The molecule has 0 bridgehead atoms. The number of hydrogen-bond donors (Lipinski definition) is 1. The lowest BCUT2D eigenvalue weighted by Gasteiger charge is -2.03. The Morgan fingerprint density at radius 3 is 3.07 bits per heavy atom. The van der Waals surface area contributed by atoms with E-state index < -0.39 is 4.92 Å². The number of rotatable bonds is 4. The largest absolute Gasteiger partial charge is 0.359 e. The summed E-state index contributed by atoms with van der Waals surface area (Å²) in [6.45, 7) is 3.70. The first kappa shape index (κ1) is 10.5. The quantitative estimate of drug-likeness (QED) is 0.615. The Kier molecular flexibility index (Phi) is 3.41. The molecule has 0 radical (unpaired) electrons. The average Bonchev–Trinajstić information content (AvgIpc) is 2.15. The standard InChI is InChI=1S/C8H8ClN3O2/c1-6(9)5-11-8-7(12(13)14)3-2-4-10-8/h2-4H,1,5H2,(H,10,11). The molecule has 1 aromatic heterocycles. The predicted molar refractivity (Wildman–Crippen MR) is 54.4 cm³/mol. The molecule has 74 valence electrons. The highest BCUT2D eigenvalue weighted by Crippen LogP contribution is 2.20. The summed E-state index contributed by atoms with van der Waals surface area (Å²) < 4.78 is 0. The topological polar surface area (TPSA) is 68.1 Å². The van der Waals surface area contributed by atoms with Crippen molar-refractivity contribution in [3.05, 3.63) is 40.1 Å². The van der Waals surface area contributed by atoms with Gasteiger partial charge in [0.05, 0.1) is 11.5 Å². The maximum atomic E-state index is 10.5. The zero-order valence-electron chi connectivity index (χ0n) is 7.24. The molecular weight excluding hydrogens is 206 g/mol. The number of pyridine rings is 1. The van der Waals surface area contributed by atoms with Crippen LogP contribution in [-0.2, 0) is 0 Å². The SMILES string of the molecule is C=C(Cl)CNc1ncccc1[N+](=O)[O-]. The van der Waals surface area contributed by atoms with Crippen LogP contribution >= 0.6 is 11.6 Å². The molecule has 1 aromatic rings. The summed E-state index contributed by atoms with van der Waals surface area (Å²) >= 11 is 5.51. The Balaban J connectivity index is 2.84. The summed E-state index contributed by atoms with van der Waals surface area (Å²) in [6, 6.07) is 2.87. The summed E-state index contributed by atoms with van der Waals surface area (Å²) in [7, 11) is 0. The van der Waals surface area contributed by atoms with Crippen molar-refractivity contribution in [1.29, 1.82) is 0 Å². The van der Waals surface area contributed by atoms with Gasteiger partial charge in [0, 0.05) is 17.3 Å². The highest BCUT2D eigenvalue weighted by atomic mass is 35.5. The second-order valence-electron chi connectivity index (χ2n) is 2.50. The van der Waals surface area contributed by atoms with Gasteiger partial charge in [0.25, 0.3) is 0 Å². The molecular formula is C8H8ClN3O2. The van der Waals surface area contributed by atoms with Crippen LogP contribution in [0.25, 0.3) is 0 Å². The summed E-state index contributed by atoms with van der Waals surface area (Å²) in [5.74, 6) is 0.194. The van der Waals surface area contributed by atoms with Gasteiger partial charge in [0.2, 0.25) is 5.82 Å². The number of halogens is 1. The average molecular weight is 214 g/mol. The second-order valence-corrected chi connectivity index (χ2v) is 3.03. The fourth-order valence-corrected chi connectivity index (χ4v) is 0.927. The minimum absolute atomic E-state index is 0.0783. The molecule has 0 fully saturated rings. The van der Waals surface area contributed by atoms with Gasteiger partial charge in [0.1, 0.15) is 0 Å². The van der Waals surface area contributed by atoms with Crippen LogP contribution in [0.4, 0.5) is 11.5 Å². The molecule has 0 saturated heterocycles. The molecule has 1 heterocycles. The van der Waals surface area contributed by atoms with Crippen molar-refractivity contribution in [2.45, 2.75) is 0 Å². The van der Waals surface area contributed by atoms with Crippen molar-refractivity contribution in [1.82, 2.24) is 4.98 Å². The smallest absolute Gasteiger partial charge is 0.311 e. The van der Waals surface area contributed by atoms with Crippen molar-refractivity contribution < 1.29 is 4.92 Å². The van der Waals surface area contributed by atoms with Gasteiger partial charge < -0.3 is 5.32 Å². The first-order valence-electron chi connectivity index (χ1n) is 3.78. The van der Waals surface area contributed by atoms with E-state index in [0.29, 0.717) is 5.03 Å². The molecule has 0 aliphatic heterocycles. The molecule has 0 aliphatic rings. The van der Waals surface area contributed by atoms with E-state index in [-0.39, 0.29) is 18.1 Å². The number of hydrogen-bond acceptors (Lipinski definition) is 4. The number of anilines is 1. The molecule has 0 amide bonds. The zero-order valence-corrected chi connectivity index (χ0v) is 7.99. The highest BCUT2D eigenvalue weighted by molar-refractivity contribution is 6.29. The molecule has 0 spiro atoms. The van der Waals surface area contributed by atoms with Gasteiger partial charge in [-0.1, -0.05) is 18.2 Å². The molecule has 0 unspecified atom stereocenters. The van der Waals surface area contributed by atoms with E-state index in [1.165, 1.54) is 18.3 Å². The first-order valence-corrected chi connectivity index (χ1v) is 4.15. The van der Waals surface area contributed by atoms with Gasteiger partial charge in [-0.15, -0.1) is 0 Å². The van der Waals surface area contributed by atoms with Gasteiger partial charge in [-0.2, -0.15) is 0 Å². The lowest BCUT2D eigenvalue weighted by atomic mass is 10.4. The molecule has 5 nitrogen and oxygen atoms in total. The fourth-order valence-electron chi connectivity index (χ4n) is 0.860. The molecule has 1 rings (SSSR count). The molecule has 1 N–H and O–H groups in total. The van der Waals surface area contributed by atoms with E-state index in [0.717, 1.165) is 0 Å². The van der Waals surface area contributed by atoms with Crippen molar-refractivity contribution >= 4 is 23.1 Å². The van der Waals surface area contributed by atoms with E-state index >= 15 is 0 Å². The second kappa shape index (κ2) is 4.57. The molecule has 6 heteroatoms.